The zero-order valence-electron chi connectivity index (χ0n) is 15.6. The minimum absolute atomic E-state index is 0.0902. The Morgan fingerprint density at radius 2 is 2.04 bits per heavy atom. The number of nitrogens with one attached hydrogen (secondary N) is 1. The highest BCUT2D eigenvalue weighted by Crippen LogP contribution is 2.35. The second kappa shape index (κ2) is 6.65. The molecule has 1 atom stereocenters. The lowest BCUT2D eigenvalue weighted by Gasteiger charge is -2.27. The highest BCUT2D eigenvalue weighted by atomic mass is 16.7. The van der Waals surface area contributed by atoms with Crippen LogP contribution in [0.3, 0.4) is 0 Å². The predicted molar refractivity (Wildman–Crippen MR) is 102 cm³/mol. The number of aliphatic hydroxyl groups is 1. The second-order valence-electron chi connectivity index (χ2n) is 7.33. The summed E-state index contributed by atoms with van der Waals surface area (Å²) in [5.74, 6) is 1.36. The number of aromatic amines is 1. The van der Waals surface area contributed by atoms with Crippen LogP contribution in [0.5, 0.6) is 11.5 Å². The van der Waals surface area contributed by atoms with E-state index in [1.54, 1.807) is 0 Å². The average molecular weight is 382 g/mol. The Balaban J connectivity index is 1.39. The minimum Gasteiger partial charge on any atom is -0.454 e. The third kappa shape index (κ3) is 2.94. The number of aromatic nitrogens is 3. The summed E-state index contributed by atoms with van der Waals surface area (Å²) >= 11 is 0. The summed E-state index contributed by atoms with van der Waals surface area (Å²) in [4.78, 5) is 17.8. The molecule has 146 valence electrons. The third-order valence-electron chi connectivity index (χ3n) is 5.43. The topological polar surface area (TPSA) is 92.6 Å². The number of aliphatic hydroxyl groups excluding tert-OH is 1. The van der Waals surface area contributed by atoms with Crippen molar-refractivity contribution in [1.29, 1.82) is 0 Å². The maximum atomic E-state index is 12.6. The summed E-state index contributed by atoms with van der Waals surface area (Å²) < 4.78 is 12.8. The summed E-state index contributed by atoms with van der Waals surface area (Å²) in [7, 11) is 0. The van der Waals surface area contributed by atoms with E-state index in [2.05, 4.69) is 15.0 Å². The quantitative estimate of drug-likeness (QED) is 0.716. The molecule has 1 aromatic carbocycles. The molecule has 3 aromatic rings. The van der Waals surface area contributed by atoms with Crippen LogP contribution >= 0.6 is 0 Å². The van der Waals surface area contributed by atoms with Crippen LogP contribution in [0.4, 0.5) is 0 Å². The van der Waals surface area contributed by atoms with Crippen LogP contribution in [-0.4, -0.2) is 38.1 Å². The minimum atomic E-state index is -0.525. The first-order valence-corrected chi connectivity index (χ1v) is 9.53. The first-order valence-electron chi connectivity index (χ1n) is 9.53. The molecule has 2 aliphatic rings. The summed E-state index contributed by atoms with van der Waals surface area (Å²) in [5.41, 5.74) is 3.15. The van der Waals surface area contributed by atoms with Crippen LogP contribution in [0, 0.1) is 0 Å². The third-order valence-corrected chi connectivity index (χ3v) is 5.43. The molecule has 28 heavy (non-hydrogen) atoms. The van der Waals surface area contributed by atoms with Gasteiger partial charge in [0.05, 0.1) is 29.6 Å². The van der Waals surface area contributed by atoms with Crippen LogP contribution in [0.15, 0.2) is 29.1 Å². The fourth-order valence-electron chi connectivity index (χ4n) is 3.85. The van der Waals surface area contributed by atoms with Crippen molar-refractivity contribution in [3.05, 3.63) is 51.6 Å². The van der Waals surface area contributed by atoms with E-state index in [1.165, 1.54) is 0 Å². The van der Waals surface area contributed by atoms with Gasteiger partial charge in [0, 0.05) is 36.7 Å². The van der Waals surface area contributed by atoms with Gasteiger partial charge in [-0.15, -0.1) is 0 Å². The zero-order chi connectivity index (χ0) is 19.3. The van der Waals surface area contributed by atoms with Crippen molar-refractivity contribution in [3.63, 3.8) is 0 Å². The maximum Gasteiger partial charge on any atom is 0.252 e. The Bertz CT molecular complexity index is 1100. The first-order chi connectivity index (χ1) is 13.6. The fraction of sp³-hybridized carbons (Fsp3) is 0.400. The van der Waals surface area contributed by atoms with Gasteiger partial charge in [-0.3, -0.25) is 14.4 Å². The van der Waals surface area contributed by atoms with E-state index >= 15 is 0 Å². The normalized spacial score (nSPS) is 17.1. The van der Waals surface area contributed by atoms with Crippen molar-refractivity contribution in [1.82, 2.24) is 19.7 Å². The van der Waals surface area contributed by atoms with Crippen molar-refractivity contribution in [3.8, 4) is 11.5 Å². The van der Waals surface area contributed by atoms with Crippen molar-refractivity contribution < 1.29 is 14.6 Å². The molecular formula is C20H22N4O4. The lowest BCUT2D eigenvalue weighted by molar-refractivity contribution is 0.166. The van der Waals surface area contributed by atoms with Gasteiger partial charge >= 0.3 is 0 Å². The molecule has 5 rings (SSSR count). The molecule has 0 spiro atoms. The van der Waals surface area contributed by atoms with E-state index < -0.39 is 6.10 Å². The lowest BCUT2D eigenvalue weighted by Crippen LogP contribution is -2.35. The standard InChI is InChI=1S/C20H22N4O4/c1-2-17(25)16-7-14-10-23(3-4-24(14)22-16)9-13-5-12-6-18-19(28-11-27-18)8-15(12)21-20(13)26/h5-8,17,25H,2-4,9-11H2,1H3,(H,21,26). The molecule has 2 aliphatic heterocycles. The molecule has 0 fully saturated rings. The number of hydrogen-bond acceptors (Lipinski definition) is 6. The molecule has 8 nitrogen and oxygen atoms in total. The summed E-state index contributed by atoms with van der Waals surface area (Å²) in [6, 6.07) is 7.60. The Kier molecular flexibility index (Phi) is 4.10. The molecule has 8 heteroatoms. The second-order valence-corrected chi connectivity index (χ2v) is 7.33. The summed E-state index contributed by atoms with van der Waals surface area (Å²) in [5, 5.41) is 15.5. The molecule has 0 radical (unpaired) electrons. The van der Waals surface area contributed by atoms with Crippen LogP contribution in [0.2, 0.25) is 0 Å². The molecule has 0 saturated carbocycles. The van der Waals surface area contributed by atoms with E-state index in [0.717, 1.165) is 35.4 Å². The zero-order valence-corrected chi connectivity index (χ0v) is 15.6. The van der Waals surface area contributed by atoms with Gasteiger partial charge in [-0.1, -0.05) is 6.92 Å². The highest BCUT2D eigenvalue weighted by Gasteiger charge is 2.22. The average Bonchev–Trinajstić information content (AvgIpc) is 3.32. The van der Waals surface area contributed by atoms with E-state index in [0.29, 0.717) is 36.6 Å². The number of pyridine rings is 1. The monoisotopic (exact) mass is 382 g/mol. The Hall–Kier alpha value is -2.84. The Morgan fingerprint density at radius 1 is 1.21 bits per heavy atom. The molecular weight excluding hydrogens is 360 g/mol. The van der Waals surface area contributed by atoms with Gasteiger partial charge in [-0.05, 0) is 24.6 Å². The number of rotatable bonds is 4. The SMILES string of the molecule is CCC(O)c1cc2n(n1)CCN(Cc1cc3cc4c(cc3[nH]c1=O)OCO4)C2. The highest BCUT2D eigenvalue weighted by molar-refractivity contribution is 5.83. The van der Waals surface area contributed by atoms with Gasteiger partial charge < -0.3 is 19.6 Å². The van der Waals surface area contributed by atoms with Gasteiger partial charge in [0.2, 0.25) is 6.79 Å². The molecule has 2 aromatic heterocycles. The number of H-pyrrole nitrogens is 1. The Morgan fingerprint density at radius 3 is 2.86 bits per heavy atom. The van der Waals surface area contributed by atoms with Gasteiger partial charge in [-0.25, -0.2) is 0 Å². The van der Waals surface area contributed by atoms with Crippen LogP contribution in [-0.2, 0) is 19.6 Å². The largest absolute Gasteiger partial charge is 0.454 e. The van der Waals surface area contributed by atoms with Gasteiger partial charge in [0.15, 0.2) is 11.5 Å². The fourth-order valence-corrected chi connectivity index (χ4v) is 3.85. The van der Waals surface area contributed by atoms with Gasteiger partial charge in [-0.2, -0.15) is 5.10 Å². The van der Waals surface area contributed by atoms with E-state index in [-0.39, 0.29) is 12.4 Å². The van der Waals surface area contributed by atoms with Crippen molar-refractivity contribution >= 4 is 10.9 Å². The molecule has 0 saturated heterocycles. The number of benzene rings is 1. The number of fused-ring (bicyclic) bond motifs is 3. The van der Waals surface area contributed by atoms with Crippen LogP contribution in [0.25, 0.3) is 10.9 Å². The first kappa shape index (κ1) is 17.3. The molecule has 0 amide bonds. The molecule has 1 unspecified atom stereocenters. The Labute approximate surface area is 161 Å². The smallest absolute Gasteiger partial charge is 0.252 e. The van der Waals surface area contributed by atoms with E-state index in [9.17, 15) is 9.90 Å². The summed E-state index contributed by atoms with van der Waals surface area (Å²) in [6.07, 6.45) is 0.119. The maximum absolute atomic E-state index is 12.6. The predicted octanol–water partition coefficient (Wildman–Crippen LogP) is 1.91. The van der Waals surface area contributed by atoms with E-state index in [4.69, 9.17) is 9.47 Å². The van der Waals surface area contributed by atoms with Crippen molar-refractivity contribution in [2.24, 2.45) is 0 Å². The number of hydrogen-bond donors (Lipinski definition) is 2. The van der Waals surface area contributed by atoms with Gasteiger partial charge in [0.25, 0.3) is 5.56 Å². The number of ether oxygens (including phenoxy) is 2. The van der Waals surface area contributed by atoms with Crippen LogP contribution < -0.4 is 15.0 Å². The molecule has 2 N–H and O–H groups in total. The van der Waals surface area contributed by atoms with Crippen molar-refractivity contribution in [2.75, 3.05) is 13.3 Å². The summed E-state index contributed by atoms with van der Waals surface area (Å²) in [6.45, 7) is 4.94. The van der Waals surface area contributed by atoms with Crippen LogP contribution in [0.1, 0.15) is 36.4 Å². The van der Waals surface area contributed by atoms with E-state index in [1.807, 2.05) is 35.9 Å². The lowest BCUT2D eigenvalue weighted by atomic mass is 10.1. The van der Waals surface area contributed by atoms with Gasteiger partial charge in [0.1, 0.15) is 0 Å². The molecule has 0 bridgehead atoms. The number of nitrogens with zero attached hydrogens (tertiary/aromatic N) is 3. The van der Waals surface area contributed by atoms with Crippen molar-refractivity contribution in [2.45, 2.75) is 39.1 Å². The molecule has 4 heterocycles. The molecule has 0 aliphatic carbocycles.